The van der Waals surface area contributed by atoms with Gasteiger partial charge in [0, 0.05) is 15.7 Å². The van der Waals surface area contributed by atoms with Gasteiger partial charge in [-0.3, -0.25) is 0 Å². The molecule has 1 nitrogen and oxygen atoms in total. The predicted molar refractivity (Wildman–Crippen MR) is 72.0 cm³/mol. The number of thioether (sulfide) groups is 1. The minimum atomic E-state index is 0.286. The Morgan fingerprint density at radius 3 is 2.62 bits per heavy atom. The molecule has 0 saturated carbocycles. The normalized spacial score (nSPS) is 21.3. The Bertz CT molecular complexity index is 348. The van der Waals surface area contributed by atoms with E-state index in [9.17, 15) is 0 Å². The summed E-state index contributed by atoms with van der Waals surface area (Å²) in [6.07, 6.45) is 2.58. The van der Waals surface area contributed by atoms with E-state index in [0.717, 1.165) is 0 Å². The van der Waals surface area contributed by atoms with Gasteiger partial charge in [0.2, 0.25) is 0 Å². The first-order valence-corrected chi connectivity index (χ1v) is 6.89. The van der Waals surface area contributed by atoms with Gasteiger partial charge in [0.25, 0.3) is 0 Å². The molecule has 0 unspecified atom stereocenters. The number of benzene rings is 1. The average Bonchev–Trinajstić information content (AvgIpc) is 2.69. The van der Waals surface area contributed by atoms with Crippen LogP contribution < -0.4 is 5.32 Å². The Kier molecular flexibility index (Phi) is 3.60. The van der Waals surface area contributed by atoms with Gasteiger partial charge < -0.3 is 5.32 Å². The molecular weight excluding hydrogens is 214 g/mol. The van der Waals surface area contributed by atoms with E-state index in [-0.39, 0.29) is 4.75 Å². The van der Waals surface area contributed by atoms with Crippen molar-refractivity contribution < 1.29 is 0 Å². The van der Waals surface area contributed by atoms with Crippen LogP contribution in [0.4, 0.5) is 0 Å². The van der Waals surface area contributed by atoms with E-state index in [2.05, 4.69) is 50.4 Å². The number of rotatable bonds is 2. The van der Waals surface area contributed by atoms with Gasteiger partial charge in [-0.05, 0) is 31.0 Å². The lowest BCUT2D eigenvalue weighted by atomic mass is 10.1. The molecule has 88 valence electrons. The van der Waals surface area contributed by atoms with Crippen molar-refractivity contribution in [2.75, 3.05) is 6.54 Å². The zero-order valence-electron chi connectivity index (χ0n) is 10.4. The van der Waals surface area contributed by atoms with Gasteiger partial charge in [-0.15, -0.1) is 11.8 Å². The highest BCUT2D eigenvalue weighted by molar-refractivity contribution is 8.00. The lowest BCUT2D eigenvalue weighted by Gasteiger charge is -2.22. The minimum Gasteiger partial charge on any atom is -0.310 e. The van der Waals surface area contributed by atoms with Gasteiger partial charge >= 0.3 is 0 Å². The highest BCUT2D eigenvalue weighted by Gasteiger charge is 2.21. The third kappa shape index (κ3) is 3.02. The van der Waals surface area contributed by atoms with E-state index in [1.165, 1.54) is 29.8 Å². The lowest BCUT2D eigenvalue weighted by molar-refractivity contribution is 0.635. The van der Waals surface area contributed by atoms with Crippen molar-refractivity contribution in [2.24, 2.45) is 0 Å². The first-order valence-electron chi connectivity index (χ1n) is 6.07. The largest absolute Gasteiger partial charge is 0.310 e. The molecule has 16 heavy (non-hydrogen) atoms. The fourth-order valence-electron chi connectivity index (χ4n) is 2.14. The van der Waals surface area contributed by atoms with Crippen LogP contribution in [0.5, 0.6) is 0 Å². The van der Waals surface area contributed by atoms with Crippen molar-refractivity contribution in [3.8, 4) is 0 Å². The molecular formula is C14H21NS. The topological polar surface area (TPSA) is 12.0 Å². The fourth-order valence-corrected chi connectivity index (χ4v) is 3.28. The molecule has 0 aliphatic carbocycles. The van der Waals surface area contributed by atoms with Crippen LogP contribution in [-0.4, -0.2) is 11.3 Å². The second-order valence-corrected chi connectivity index (χ2v) is 7.27. The number of nitrogens with one attached hydrogen (secondary N) is 1. The Morgan fingerprint density at radius 1 is 1.25 bits per heavy atom. The third-order valence-corrected chi connectivity index (χ3v) is 3.97. The van der Waals surface area contributed by atoms with E-state index >= 15 is 0 Å². The van der Waals surface area contributed by atoms with E-state index in [1.54, 1.807) is 0 Å². The average molecular weight is 235 g/mol. The highest BCUT2D eigenvalue weighted by atomic mass is 32.2. The summed E-state index contributed by atoms with van der Waals surface area (Å²) in [5.41, 5.74) is 1.49. The Balaban J connectivity index is 2.23. The Labute approximate surface area is 103 Å². The molecule has 1 aliphatic heterocycles. The molecule has 1 heterocycles. The third-order valence-electron chi connectivity index (χ3n) is 2.77. The summed E-state index contributed by atoms with van der Waals surface area (Å²) in [5.74, 6) is 0. The van der Waals surface area contributed by atoms with Crippen LogP contribution >= 0.6 is 11.8 Å². The molecule has 1 aromatic rings. The molecule has 0 aromatic heterocycles. The molecule has 0 radical (unpaired) electrons. The standard InChI is InChI=1S/C14H21NS/c1-14(2,3)16-13-9-5-4-7-11(13)12-8-6-10-15-12/h4-5,7,9,12,15H,6,8,10H2,1-3H3/t12-/m1/s1. The Hall–Kier alpha value is -0.470. The zero-order chi connectivity index (χ0) is 11.6. The van der Waals surface area contributed by atoms with Crippen molar-refractivity contribution in [1.29, 1.82) is 0 Å². The molecule has 1 aliphatic rings. The SMILES string of the molecule is CC(C)(C)Sc1ccccc1[C@H]1CCCN1. The highest BCUT2D eigenvalue weighted by Crippen LogP contribution is 2.38. The molecule has 1 aromatic carbocycles. The van der Waals surface area contributed by atoms with Crippen molar-refractivity contribution in [3.63, 3.8) is 0 Å². The molecule has 1 N–H and O–H groups in total. The summed E-state index contributed by atoms with van der Waals surface area (Å²) in [6.45, 7) is 7.99. The summed E-state index contributed by atoms with van der Waals surface area (Å²) in [5, 5.41) is 3.59. The number of hydrogen-bond donors (Lipinski definition) is 1. The zero-order valence-corrected chi connectivity index (χ0v) is 11.2. The van der Waals surface area contributed by atoms with E-state index in [1.807, 2.05) is 11.8 Å². The molecule has 1 fully saturated rings. The lowest BCUT2D eigenvalue weighted by Crippen LogP contribution is -2.15. The summed E-state index contributed by atoms with van der Waals surface area (Å²) in [7, 11) is 0. The first-order chi connectivity index (χ1) is 7.56. The van der Waals surface area contributed by atoms with Crippen LogP contribution in [0.1, 0.15) is 45.2 Å². The van der Waals surface area contributed by atoms with Crippen LogP contribution in [-0.2, 0) is 0 Å². The molecule has 0 amide bonds. The smallest absolute Gasteiger partial charge is 0.0331 e. The van der Waals surface area contributed by atoms with Gasteiger partial charge in [0.05, 0.1) is 0 Å². The van der Waals surface area contributed by atoms with Gasteiger partial charge in [0.15, 0.2) is 0 Å². The quantitative estimate of drug-likeness (QED) is 0.778. The summed E-state index contributed by atoms with van der Waals surface area (Å²) >= 11 is 1.97. The fraction of sp³-hybridized carbons (Fsp3) is 0.571. The van der Waals surface area contributed by atoms with Gasteiger partial charge in [-0.1, -0.05) is 39.0 Å². The molecule has 1 atom stereocenters. The maximum Gasteiger partial charge on any atom is 0.0331 e. The Morgan fingerprint density at radius 2 is 2.00 bits per heavy atom. The van der Waals surface area contributed by atoms with Crippen LogP contribution in [0.15, 0.2) is 29.2 Å². The van der Waals surface area contributed by atoms with Gasteiger partial charge in [0.1, 0.15) is 0 Å². The summed E-state index contributed by atoms with van der Waals surface area (Å²) in [4.78, 5) is 1.44. The van der Waals surface area contributed by atoms with E-state index in [4.69, 9.17) is 0 Å². The van der Waals surface area contributed by atoms with Gasteiger partial charge in [-0.25, -0.2) is 0 Å². The molecule has 0 bridgehead atoms. The van der Waals surface area contributed by atoms with Crippen LogP contribution in [0.3, 0.4) is 0 Å². The van der Waals surface area contributed by atoms with Crippen LogP contribution in [0.25, 0.3) is 0 Å². The monoisotopic (exact) mass is 235 g/mol. The molecule has 1 saturated heterocycles. The maximum atomic E-state index is 3.59. The second kappa shape index (κ2) is 4.80. The van der Waals surface area contributed by atoms with Crippen molar-refractivity contribution in [1.82, 2.24) is 5.32 Å². The maximum absolute atomic E-state index is 3.59. The van der Waals surface area contributed by atoms with Crippen molar-refractivity contribution in [2.45, 2.75) is 49.3 Å². The summed E-state index contributed by atoms with van der Waals surface area (Å²) < 4.78 is 0.286. The van der Waals surface area contributed by atoms with Gasteiger partial charge in [-0.2, -0.15) is 0 Å². The molecule has 0 spiro atoms. The van der Waals surface area contributed by atoms with Crippen LogP contribution in [0, 0.1) is 0 Å². The van der Waals surface area contributed by atoms with E-state index < -0.39 is 0 Å². The number of hydrogen-bond acceptors (Lipinski definition) is 2. The molecule has 2 heteroatoms. The summed E-state index contributed by atoms with van der Waals surface area (Å²) in [6, 6.07) is 9.41. The molecule has 2 rings (SSSR count). The predicted octanol–water partition coefficient (Wildman–Crippen LogP) is 4.00. The van der Waals surface area contributed by atoms with E-state index in [0.29, 0.717) is 6.04 Å². The van der Waals surface area contributed by atoms with Crippen molar-refractivity contribution in [3.05, 3.63) is 29.8 Å². The minimum absolute atomic E-state index is 0.286. The van der Waals surface area contributed by atoms with Crippen LogP contribution in [0.2, 0.25) is 0 Å². The first kappa shape index (κ1) is 12.0. The second-order valence-electron chi connectivity index (χ2n) is 5.40. The van der Waals surface area contributed by atoms with Crippen molar-refractivity contribution >= 4 is 11.8 Å².